The van der Waals surface area contributed by atoms with Crippen molar-refractivity contribution >= 4 is 0 Å². The molecule has 1 atom stereocenters. The van der Waals surface area contributed by atoms with Crippen LogP contribution in [0, 0.1) is 11.3 Å². The molecule has 1 unspecified atom stereocenters. The molecule has 0 aliphatic heterocycles. The van der Waals surface area contributed by atoms with Gasteiger partial charge in [0.1, 0.15) is 0 Å². The second kappa shape index (κ2) is 4.79. The summed E-state index contributed by atoms with van der Waals surface area (Å²) in [4.78, 5) is 0. The zero-order valence-electron chi connectivity index (χ0n) is 9.74. The maximum atomic E-state index is 9.37. The van der Waals surface area contributed by atoms with Crippen molar-refractivity contribution in [2.75, 3.05) is 0 Å². The Labute approximate surface area is 101 Å². The first kappa shape index (κ1) is 11.3. The Kier molecular flexibility index (Phi) is 3.20. The van der Waals surface area contributed by atoms with Crippen molar-refractivity contribution in [3.8, 4) is 6.07 Å². The van der Waals surface area contributed by atoms with E-state index in [0.29, 0.717) is 6.54 Å². The van der Waals surface area contributed by atoms with Gasteiger partial charge in [-0.1, -0.05) is 35.5 Å². The lowest BCUT2D eigenvalue weighted by Crippen LogP contribution is -2.22. The molecule has 0 spiro atoms. The van der Waals surface area contributed by atoms with Gasteiger partial charge >= 0.3 is 0 Å². The molecule has 0 bridgehead atoms. The molecule has 0 radical (unpaired) electrons. The molecule has 2 aromatic rings. The molecule has 0 saturated heterocycles. The zero-order valence-corrected chi connectivity index (χ0v) is 9.74. The van der Waals surface area contributed by atoms with Gasteiger partial charge in [0.2, 0.25) is 0 Å². The molecule has 1 aromatic carbocycles. The van der Waals surface area contributed by atoms with Crippen LogP contribution in [0.5, 0.6) is 0 Å². The maximum absolute atomic E-state index is 9.37. The molecule has 0 saturated carbocycles. The van der Waals surface area contributed by atoms with E-state index in [1.54, 1.807) is 10.9 Å². The van der Waals surface area contributed by atoms with E-state index in [2.05, 4.69) is 16.4 Å². The number of aromatic nitrogens is 3. The van der Waals surface area contributed by atoms with Crippen molar-refractivity contribution in [3.05, 3.63) is 48.3 Å². The average molecular weight is 226 g/mol. The number of hydrogen-bond donors (Lipinski definition) is 0. The van der Waals surface area contributed by atoms with Crippen molar-refractivity contribution in [1.29, 1.82) is 5.26 Å². The van der Waals surface area contributed by atoms with Crippen LogP contribution in [0.4, 0.5) is 0 Å². The molecule has 4 heteroatoms. The zero-order chi connectivity index (χ0) is 12.1. The topological polar surface area (TPSA) is 54.5 Å². The number of nitrogens with zero attached hydrogens (tertiary/aromatic N) is 4. The molecule has 86 valence electrons. The third-order valence-corrected chi connectivity index (χ3v) is 2.97. The summed E-state index contributed by atoms with van der Waals surface area (Å²) >= 11 is 0. The van der Waals surface area contributed by atoms with Crippen LogP contribution in [0.3, 0.4) is 0 Å². The Morgan fingerprint density at radius 3 is 2.71 bits per heavy atom. The van der Waals surface area contributed by atoms with Crippen LogP contribution in [-0.4, -0.2) is 15.0 Å². The van der Waals surface area contributed by atoms with Crippen LogP contribution in [-0.2, 0) is 12.0 Å². The molecule has 0 aliphatic carbocycles. The first-order chi connectivity index (χ1) is 8.24. The van der Waals surface area contributed by atoms with E-state index in [9.17, 15) is 5.26 Å². The molecule has 2 rings (SSSR count). The number of rotatable bonds is 4. The lowest BCUT2D eigenvalue weighted by molar-refractivity contribution is 0.461. The Hall–Kier alpha value is -2.15. The summed E-state index contributed by atoms with van der Waals surface area (Å²) in [5.74, 6) is 0. The summed E-state index contributed by atoms with van der Waals surface area (Å²) in [6, 6.07) is 12.3. The fourth-order valence-electron chi connectivity index (χ4n) is 1.76. The van der Waals surface area contributed by atoms with Crippen molar-refractivity contribution in [2.24, 2.45) is 0 Å². The van der Waals surface area contributed by atoms with Gasteiger partial charge in [0, 0.05) is 12.7 Å². The average Bonchev–Trinajstić information content (AvgIpc) is 2.90. The minimum atomic E-state index is -0.479. The monoisotopic (exact) mass is 226 g/mol. The molecule has 4 nitrogen and oxygen atoms in total. The van der Waals surface area contributed by atoms with E-state index >= 15 is 0 Å². The van der Waals surface area contributed by atoms with Crippen LogP contribution in [0.25, 0.3) is 0 Å². The Morgan fingerprint density at radius 1 is 1.35 bits per heavy atom. The SMILES string of the molecule is CC(C#N)(CCn1ccnn1)c1ccccc1. The summed E-state index contributed by atoms with van der Waals surface area (Å²) in [5, 5.41) is 17.0. The highest BCUT2D eigenvalue weighted by Gasteiger charge is 2.25. The normalized spacial score (nSPS) is 13.9. The molecule has 1 aromatic heterocycles. The Bertz CT molecular complexity index is 498. The van der Waals surface area contributed by atoms with Crippen LogP contribution < -0.4 is 0 Å². The summed E-state index contributed by atoms with van der Waals surface area (Å²) in [7, 11) is 0. The molecule has 1 heterocycles. The van der Waals surface area contributed by atoms with Crippen LogP contribution in [0.2, 0.25) is 0 Å². The van der Waals surface area contributed by atoms with Crippen molar-refractivity contribution in [1.82, 2.24) is 15.0 Å². The minimum absolute atomic E-state index is 0.479. The molecular weight excluding hydrogens is 212 g/mol. The number of hydrogen-bond acceptors (Lipinski definition) is 3. The van der Waals surface area contributed by atoms with Crippen LogP contribution >= 0.6 is 0 Å². The Balaban J connectivity index is 2.13. The molecule has 0 amide bonds. The number of nitriles is 1. The summed E-state index contributed by atoms with van der Waals surface area (Å²) < 4.78 is 1.75. The molecule has 0 aliphatic rings. The van der Waals surface area contributed by atoms with Gasteiger partial charge in [-0.3, -0.25) is 4.68 Å². The van der Waals surface area contributed by atoms with Gasteiger partial charge < -0.3 is 0 Å². The highest BCUT2D eigenvalue weighted by Crippen LogP contribution is 2.27. The van der Waals surface area contributed by atoms with E-state index in [0.717, 1.165) is 12.0 Å². The highest BCUT2D eigenvalue weighted by atomic mass is 15.4. The smallest absolute Gasteiger partial charge is 0.0811 e. The van der Waals surface area contributed by atoms with Gasteiger partial charge in [0.15, 0.2) is 0 Å². The lowest BCUT2D eigenvalue weighted by Gasteiger charge is -2.21. The van der Waals surface area contributed by atoms with E-state index in [-0.39, 0.29) is 0 Å². The summed E-state index contributed by atoms with van der Waals surface area (Å²) in [6.07, 6.45) is 4.17. The molecule has 0 fully saturated rings. The van der Waals surface area contributed by atoms with E-state index in [1.807, 2.05) is 43.5 Å². The van der Waals surface area contributed by atoms with Crippen molar-refractivity contribution in [2.45, 2.75) is 25.3 Å². The highest BCUT2D eigenvalue weighted by molar-refractivity contribution is 5.30. The fourth-order valence-corrected chi connectivity index (χ4v) is 1.76. The van der Waals surface area contributed by atoms with Gasteiger partial charge in [-0.05, 0) is 18.9 Å². The third-order valence-electron chi connectivity index (χ3n) is 2.97. The molecule has 17 heavy (non-hydrogen) atoms. The van der Waals surface area contributed by atoms with Gasteiger partial charge in [-0.25, -0.2) is 0 Å². The largest absolute Gasteiger partial charge is 0.253 e. The lowest BCUT2D eigenvalue weighted by atomic mass is 9.81. The standard InChI is InChI=1S/C13H14N4/c1-13(11-14,12-5-3-2-4-6-12)7-9-17-10-8-15-16-17/h2-6,8,10H,7,9H2,1H3. The van der Waals surface area contributed by atoms with Crippen molar-refractivity contribution < 1.29 is 0 Å². The number of benzene rings is 1. The number of aryl methyl sites for hydroxylation is 1. The quantitative estimate of drug-likeness (QED) is 0.802. The second-order valence-electron chi connectivity index (χ2n) is 4.23. The minimum Gasteiger partial charge on any atom is -0.253 e. The third kappa shape index (κ3) is 2.51. The molecular formula is C13H14N4. The Morgan fingerprint density at radius 2 is 2.12 bits per heavy atom. The van der Waals surface area contributed by atoms with E-state index in [4.69, 9.17) is 0 Å². The predicted molar refractivity (Wildman–Crippen MR) is 64.0 cm³/mol. The van der Waals surface area contributed by atoms with Gasteiger partial charge in [-0.2, -0.15) is 5.26 Å². The molecule has 0 N–H and O–H groups in total. The second-order valence-corrected chi connectivity index (χ2v) is 4.23. The van der Waals surface area contributed by atoms with Gasteiger partial charge in [0.25, 0.3) is 0 Å². The maximum Gasteiger partial charge on any atom is 0.0811 e. The predicted octanol–water partition coefficient (Wildman–Crippen LogP) is 2.15. The van der Waals surface area contributed by atoms with E-state index < -0.39 is 5.41 Å². The first-order valence-electron chi connectivity index (χ1n) is 5.55. The van der Waals surface area contributed by atoms with E-state index in [1.165, 1.54) is 0 Å². The summed E-state index contributed by atoms with van der Waals surface area (Å²) in [6.45, 7) is 2.65. The van der Waals surface area contributed by atoms with Gasteiger partial charge in [0.05, 0.1) is 17.7 Å². The van der Waals surface area contributed by atoms with Crippen LogP contribution in [0.15, 0.2) is 42.7 Å². The summed E-state index contributed by atoms with van der Waals surface area (Å²) in [5.41, 5.74) is 0.565. The first-order valence-corrected chi connectivity index (χ1v) is 5.55. The van der Waals surface area contributed by atoms with Crippen LogP contribution in [0.1, 0.15) is 18.9 Å². The fraction of sp³-hybridized carbons (Fsp3) is 0.308. The van der Waals surface area contributed by atoms with Crippen molar-refractivity contribution in [3.63, 3.8) is 0 Å². The van der Waals surface area contributed by atoms with Gasteiger partial charge in [-0.15, -0.1) is 5.10 Å².